The van der Waals surface area contributed by atoms with Crippen LogP contribution < -0.4 is 0 Å². The third-order valence-corrected chi connectivity index (χ3v) is 7.63. The van der Waals surface area contributed by atoms with Gasteiger partial charge in [-0.2, -0.15) is 0 Å². The predicted octanol–water partition coefficient (Wildman–Crippen LogP) is 9.27. The molecule has 0 bridgehead atoms. The van der Waals surface area contributed by atoms with Gasteiger partial charge in [-0.3, -0.25) is 20.2 Å². The second kappa shape index (κ2) is 10.8. The van der Waals surface area contributed by atoms with Crippen LogP contribution in [0.15, 0.2) is 133 Å². The fourth-order valence-corrected chi connectivity index (χ4v) is 5.50. The van der Waals surface area contributed by atoms with Gasteiger partial charge in [-0.15, -0.1) is 0 Å². The maximum absolute atomic E-state index is 11.5. The van der Waals surface area contributed by atoms with Gasteiger partial charge in [0.2, 0.25) is 0 Å². The number of non-ortho nitro benzene ring substituents is 2. The van der Waals surface area contributed by atoms with Crippen molar-refractivity contribution in [1.29, 1.82) is 0 Å². The van der Waals surface area contributed by atoms with E-state index in [4.69, 9.17) is 9.97 Å². The molecule has 0 radical (unpaired) electrons. The largest absolute Gasteiger partial charge is 0.270 e. The molecule has 8 nitrogen and oxygen atoms in total. The maximum atomic E-state index is 11.5. The lowest BCUT2D eigenvalue weighted by molar-refractivity contribution is -0.384. The van der Waals surface area contributed by atoms with Crippen LogP contribution in [0.5, 0.6) is 0 Å². The van der Waals surface area contributed by atoms with Gasteiger partial charge in [0.25, 0.3) is 11.4 Å². The highest BCUT2D eigenvalue weighted by molar-refractivity contribution is 5.99. The Bertz CT molecular complexity index is 2080. The zero-order valence-electron chi connectivity index (χ0n) is 23.1. The SMILES string of the molecule is O=[N+]([O-])c1ccc2nc(-c3cccc(-c4cc(-c5ccccc5)c5cc([N+](=O)[O-])ccc5n4)c3)cc(-c3ccccc3)c2c1. The highest BCUT2D eigenvalue weighted by atomic mass is 16.6. The van der Waals surface area contributed by atoms with Crippen molar-refractivity contribution >= 4 is 33.2 Å². The molecule has 2 heterocycles. The molecule has 8 heteroatoms. The van der Waals surface area contributed by atoms with E-state index in [1.165, 1.54) is 12.1 Å². The van der Waals surface area contributed by atoms with Crippen molar-refractivity contribution in [2.24, 2.45) is 0 Å². The summed E-state index contributed by atoms with van der Waals surface area (Å²) < 4.78 is 0. The summed E-state index contributed by atoms with van der Waals surface area (Å²) in [5.74, 6) is 0. The number of aromatic nitrogens is 2. The second-order valence-electron chi connectivity index (χ2n) is 10.3. The van der Waals surface area contributed by atoms with Crippen LogP contribution in [-0.2, 0) is 0 Å². The number of nitro benzene ring substituents is 2. The van der Waals surface area contributed by atoms with Gasteiger partial charge in [0.1, 0.15) is 0 Å². The zero-order valence-corrected chi connectivity index (χ0v) is 23.1. The summed E-state index contributed by atoms with van der Waals surface area (Å²) in [5.41, 5.74) is 7.99. The number of rotatable bonds is 6. The van der Waals surface area contributed by atoms with Crippen molar-refractivity contribution in [1.82, 2.24) is 9.97 Å². The number of hydrogen-bond donors (Lipinski definition) is 0. The molecule has 0 aliphatic heterocycles. The molecular formula is C36H22N4O4. The molecule has 0 saturated carbocycles. The lowest BCUT2D eigenvalue weighted by Gasteiger charge is -2.13. The van der Waals surface area contributed by atoms with Gasteiger partial charge in [0.05, 0.1) is 32.3 Å². The van der Waals surface area contributed by atoms with Crippen LogP contribution in [0, 0.1) is 20.2 Å². The molecule has 7 rings (SSSR count). The fourth-order valence-electron chi connectivity index (χ4n) is 5.50. The molecule has 0 amide bonds. The van der Waals surface area contributed by atoms with Crippen molar-refractivity contribution in [2.45, 2.75) is 0 Å². The monoisotopic (exact) mass is 574 g/mol. The number of hydrogen-bond acceptors (Lipinski definition) is 6. The van der Waals surface area contributed by atoms with E-state index in [2.05, 4.69) is 0 Å². The Balaban J connectivity index is 1.40. The predicted molar refractivity (Wildman–Crippen MR) is 172 cm³/mol. The zero-order chi connectivity index (χ0) is 30.2. The smallest absolute Gasteiger partial charge is 0.258 e. The van der Waals surface area contributed by atoms with E-state index < -0.39 is 9.85 Å². The van der Waals surface area contributed by atoms with Crippen LogP contribution >= 0.6 is 0 Å². The second-order valence-corrected chi connectivity index (χ2v) is 10.3. The van der Waals surface area contributed by atoms with Crippen LogP contribution in [-0.4, -0.2) is 19.8 Å². The molecule has 0 spiro atoms. The Labute approximate surface area is 251 Å². The summed E-state index contributed by atoms with van der Waals surface area (Å²) in [6.45, 7) is 0. The van der Waals surface area contributed by atoms with E-state index in [1.807, 2.05) is 97.1 Å². The summed E-state index contributed by atoms with van der Waals surface area (Å²) in [5, 5.41) is 24.5. The van der Waals surface area contributed by atoms with Crippen molar-refractivity contribution in [2.75, 3.05) is 0 Å². The highest BCUT2D eigenvalue weighted by Crippen LogP contribution is 2.37. The Morgan fingerprint density at radius 1 is 0.432 bits per heavy atom. The minimum absolute atomic E-state index is 0.00756. The third-order valence-electron chi connectivity index (χ3n) is 7.63. The summed E-state index contributed by atoms with van der Waals surface area (Å²) in [4.78, 5) is 32.1. The van der Waals surface area contributed by atoms with Crippen LogP contribution in [0.4, 0.5) is 11.4 Å². The van der Waals surface area contributed by atoms with Gasteiger partial charge < -0.3 is 0 Å². The highest BCUT2D eigenvalue weighted by Gasteiger charge is 2.17. The molecule has 7 aromatic rings. The first-order valence-corrected chi connectivity index (χ1v) is 13.8. The van der Waals surface area contributed by atoms with E-state index in [0.29, 0.717) is 33.2 Å². The van der Waals surface area contributed by atoms with Gasteiger partial charge in [-0.25, -0.2) is 9.97 Å². The van der Waals surface area contributed by atoms with E-state index in [1.54, 1.807) is 24.3 Å². The molecule has 2 aromatic heterocycles. The molecule has 0 atom stereocenters. The molecule has 210 valence electrons. The van der Waals surface area contributed by atoms with Crippen molar-refractivity contribution in [3.63, 3.8) is 0 Å². The average Bonchev–Trinajstić information content (AvgIpc) is 3.07. The Kier molecular flexibility index (Phi) is 6.56. The molecule has 0 N–H and O–H groups in total. The Morgan fingerprint density at radius 2 is 0.841 bits per heavy atom. The van der Waals surface area contributed by atoms with Gasteiger partial charge in [-0.05, 0) is 52.6 Å². The Morgan fingerprint density at radius 3 is 1.25 bits per heavy atom. The Hall–Kier alpha value is -6.28. The van der Waals surface area contributed by atoms with E-state index in [9.17, 15) is 20.2 Å². The first kappa shape index (κ1) is 26.6. The standard InChI is InChI=1S/C36H22N4O4/c41-39(42)27-14-16-33-31(19-27)29(23-8-3-1-4-9-23)21-35(37-33)25-12-7-13-26(18-25)36-22-30(24-10-5-2-6-11-24)32-20-28(40(43)44)15-17-34(32)38-36/h1-22H. The van der Waals surface area contributed by atoms with Crippen LogP contribution in [0.1, 0.15) is 0 Å². The topological polar surface area (TPSA) is 112 Å². The van der Waals surface area contributed by atoms with Gasteiger partial charge in [-0.1, -0.05) is 78.9 Å². The van der Waals surface area contributed by atoms with Crippen LogP contribution in [0.2, 0.25) is 0 Å². The molecule has 5 aromatic carbocycles. The van der Waals surface area contributed by atoms with Gasteiger partial charge in [0.15, 0.2) is 0 Å². The number of pyridine rings is 2. The number of nitro groups is 2. The van der Waals surface area contributed by atoms with Crippen molar-refractivity contribution in [3.05, 3.63) is 154 Å². The van der Waals surface area contributed by atoms with Crippen LogP contribution in [0.25, 0.3) is 66.6 Å². The molecule has 0 aliphatic carbocycles. The summed E-state index contributed by atoms with van der Waals surface area (Å²) >= 11 is 0. The minimum atomic E-state index is -0.399. The van der Waals surface area contributed by atoms with Crippen LogP contribution in [0.3, 0.4) is 0 Å². The van der Waals surface area contributed by atoms with Gasteiger partial charge in [0, 0.05) is 46.2 Å². The van der Waals surface area contributed by atoms with Crippen molar-refractivity contribution < 1.29 is 9.85 Å². The summed E-state index contributed by atoms with van der Waals surface area (Å²) in [6.07, 6.45) is 0. The summed E-state index contributed by atoms with van der Waals surface area (Å²) in [7, 11) is 0. The summed E-state index contributed by atoms with van der Waals surface area (Å²) in [6, 6.07) is 40.8. The molecule has 0 fully saturated rings. The van der Waals surface area contributed by atoms with E-state index >= 15 is 0 Å². The van der Waals surface area contributed by atoms with Gasteiger partial charge >= 0.3 is 0 Å². The quantitative estimate of drug-likeness (QED) is 0.144. The van der Waals surface area contributed by atoms with E-state index in [0.717, 1.165) is 33.4 Å². The fraction of sp³-hybridized carbons (Fsp3) is 0. The lowest BCUT2D eigenvalue weighted by atomic mass is 9.96. The third kappa shape index (κ3) is 4.90. The first-order valence-electron chi connectivity index (χ1n) is 13.8. The normalized spacial score (nSPS) is 11.1. The number of nitrogens with zero attached hydrogens (tertiary/aromatic N) is 4. The molecule has 0 saturated heterocycles. The molecular weight excluding hydrogens is 552 g/mol. The molecule has 44 heavy (non-hydrogen) atoms. The molecule has 0 unspecified atom stereocenters. The average molecular weight is 575 g/mol. The maximum Gasteiger partial charge on any atom is 0.270 e. The molecule has 0 aliphatic rings. The minimum Gasteiger partial charge on any atom is -0.258 e. The van der Waals surface area contributed by atoms with E-state index in [-0.39, 0.29) is 11.4 Å². The van der Waals surface area contributed by atoms with Crippen molar-refractivity contribution in [3.8, 4) is 44.8 Å². The number of benzene rings is 5. The first-order chi connectivity index (χ1) is 21.4. The number of fused-ring (bicyclic) bond motifs is 2. The lowest BCUT2D eigenvalue weighted by Crippen LogP contribution is -1.94.